The number of thiophene rings is 1. The van der Waals surface area contributed by atoms with E-state index in [4.69, 9.17) is 4.74 Å². The van der Waals surface area contributed by atoms with E-state index in [1.807, 2.05) is 0 Å². The fourth-order valence-corrected chi connectivity index (χ4v) is 3.37. The topological polar surface area (TPSA) is 72.5 Å². The molecular formula is C16H21NO4S. The number of ether oxygens (including phenoxy) is 1. The average molecular weight is 323 g/mol. The highest BCUT2D eigenvalue weighted by Crippen LogP contribution is 2.25. The Balaban J connectivity index is 1.79. The molecule has 1 aliphatic carbocycles. The van der Waals surface area contributed by atoms with E-state index in [0.29, 0.717) is 11.4 Å². The van der Waals surface area contributed by atoms with Gasteiger partial charge in [0.05, 0.1) is 17.3 Å². The van der Waals surface area contributed by atoms with Crippen LogP contribution in [0.3, 0.4) is 0 Å². The molecule has 5 nitrogen and oxygen atoms in total. The van der Waals surface area contributed by atoms with Crippen LogP contribution in [0.1, 0.15) is 53.6 Å². The number of Topliss-reactive ketones (excluding diaryl/α,β-unsaturated/α-hetero) is 1. The molecule has 22 heavy (non-hydrogen) atoms. The molecule has 0 unspecified atom stereocenters. The van der Waals surface area contributed by atoms with Crippen molar-refractivity contribution in [1.82, 2.24) is 5.32 Å². The predicted molar refractivity (Wildman–Crippen MR) is 83.7 cm³/mol. The van der Waals surface area contributed by atoms with E-state index in [-0.39, 0.29) is 30.2 Å². The molecule has 0 bridgehead atoms. The first-order valence-electron chi connectivity index (χ1n) is 7.59. The zero-order valence-electron chi connectivity index (χ0n) is 12.7. The average Bonchev–Trinajstić information content (AvgIpc) is 3.00. The smallest absolute Gasteiger partial charge is 0.309 e. The lowest BCUT2D eigenvalue weighted by Crippen LogP contribution is -2.23. The molecule has 1 N–H and O–H groups in total. The molecule has 0 radical (unpaired) electrons. The lowest BCUT2D eigenvalue weighted by Gasteiger charge is -2.19. The van der Waals surface area contributed by atoms with Crippen molar-refractivity contribution < 1.29 is 19.1 Å². The van der Waals surface area contributed by atoms with Crippen LogP contribution in [0.4, 0.5) is 0 Å². The summed E-state index contributed by atoms with van der Waals surface area (Å²) in [4.78, 5) is 36.2. The second-order valence-electron chi connectivity index (χ2n) is 5.54. The number of rotatable bonds is 6. The molecule has 0 atom stereocenters. The van der Waals surface area contributed by atoms with Crippen LogP contribution in [-0.2, 0) is 20.9 Å². The van der Waals surface area contributed by atoms with Crippen molar-refractivity contribution in [2.45, 2.75) is 45.6 Å². The molecule has 1 fully saturated rings. The first kappa shape index (κ1) is 16.7. The molecule has 6 heteroatoms. The summed E-state index contributed by atoms with van der Waals surface area (Å²) < 4.78 is 5.15. The minimum absolute atomic E-state index is 0.0415. The zero-order valence-corrected chi connectivity index (χ0v) is 13.5. The Morgan fingerprint density at radius 3 is 2.64 bits per heavy atom. The highest BCUT2D eigenvalue weighted by atomic mass is 32.1. The molecule has 2 rings (SSSR count). The minimum Gasteiger partial charge on any atom is -0.457 e. The van der Waals surface area contributed by atoms with Crippen molar-refractivity contribution in [3.63, 3.8) is 0 Å². The van der Waals surface area contributed by atoms with Crippen LogP contribution < -0.4 is 5.32 Å². The van der Waals surface area contributed by atoms with Gasteiger partial charge in [0.15, 0.2) is 6.61 Å². The monoisotopic (exact) mass is 323 g/mol. The number of carbonyl (C=O) groups is 3. The number of carbonyl (C=O) groups excluding carboxylic acids is 3. The molecule has 1 amide bonds. The Morgan fingerprint density at radius 1 is 1.23 bits per heavy atom. The first-order valence-corrected chi connectivity index (χ1v) is 8.41. The molecule has 1 aromatic heterocycles. The maximum absolute atomic E-state index is 12.0. The van der Waals surface area contributed by atoms with E-state index in [2.05, 4.69) is 5.32 Å². The molecule has 0 spiro atoms. The van der Waals surface area contributed by atoms with Crippen LogP contribution in [0.2, 0.25) is 0 Å². The minimum atomic E-state index is -0.247. The predicted octanol–water partition coefficient (Wildman–Crippen LogP) is 2.69. The lowest BCUT2D eigenvalue weighted by atomic mass is 9.89. The third kappa shape index (κ3) is 4.94. The van der Waals surface area contributed by atoms with E-state index >= 15 is 0 Å². The molecule has 1 saturated carbocycles. The highest BCUT2D eigenvalue weighted by Gasteiger charge is 2.23. The summed E-state index contributed by atoms with van der Waals surface area (Å²) in [6.45, 7) is 1.66. The summed E-state index contributed by atoms with van der Waals surface area (Å²) in [5.41, 5.74) is 0. The third-order valence-electron chi connectivity index (χ3n) is 3.73. The van der Waals surface area contributed by atoms with Gasteiger partial charge >= 0.3 is 5.97 Å². The highest BCUT2D eigenvalue weighted by molar-refractivity contribution is 7.14. The Bertz CT molecular complexity index is 546. The van der Waals surface area contributed by atoms with Gasteiger partial charge in [-0.25, -0.2) is 0 Å². The van der Waals surface area contributed by atoms with Gasteiger partial charge in [0.25, 0.3) is 0 Å². The summed E-state index contributed by atoms with van der Waals surface area (Å²) in [6, 6.07) is 3.51. The zero-order chi connectivity index (χ0) is 15.9. The standard InChI is InChI=1S/C16H21NO4S/c1-11(18)17-9-13-7-8-15(22-13)14(19)10-21-16(20)12-5-3-2-4-6-12/h7-8,12H,2-6,9-10H2,1H3,(H,17,18). The maximum Gasteiger partial charge on any atom is 0.309 e. The molecule has 0 saturated heterocycles. The number of amides is 1. The Hall–Kier alpha value is -1.69. The Morgan fingerprint density at radius 2 is 1.95 bits per heavy atom. The van der Waals surface area contributed by atoms with Crippen molar-refractivity contribution in [2.75, 3.05) is 6.61 Å². The number of hydrogen-bond acceptors (Lipinski definition) is 5. The summed E-state index contributed by atoms with van der Waals surface area (Å²) in [7, 11) is 0. The summed E-state index contributed by atoms with van der Waals surface area (Å²) in [5, 5.41) is 2.68. The number of esters is 1. The summed E-state index contributed by atoms with van der Waals surface area (Å²) >= 11 is 1.31. The SMILES string of the molecule is CC(=O)NCc1ccc(C(=O)COC(=O)C2CCCCC2)s1. The van der Waals surface area contributed by atoms with Crippen molar-refractivity contribution >= 4 is 29.0 Å². The van der Waals surface area contributed by atoms with Gasteiger partial charge in [-0.1, -0.05) is 19.3 Å². The largest absolute Gasteiger partial charge is 0.457 e. The van der Waals surface area contributed by atoms with E-state index in [0.717, 1.165) is 30.6 Å². The van der Waals surface area contributed by atoms with Crippen LogP contribution in [0.15, 0.2) is 12.1 Å². The van der Waals surface area contributed by atoms with Crippen LogP contribution >= 0.6 is 11.3 Å². The van der Waals surface area contributed by atoms with E-state index in [1.165, 1.54) is 24.7 Å². The van der Waals surface area contributed by atoms with Crippen LogP contribution in [-0.4, -0.2) is 24.3 Å². The Labute approximate surface area is 134 Å². The van der Waals surface area contributed by atoms with E-state index < -0.39 is 0 Å². The van der Waals surface area contributed by atoms with Crippen LogP contribution in [0, 0.1) is 5.92 Å². The van der Waals surface area contributed by atoms with Crippen molar-refractivity contribution in [3.05, 3.63) is 21.9 Å². The normalized spacial score (nSPS) is 15.3. The summed E-state index contributed by atoms with van der Waals surface area (Å²) in [6.07, 6.45) is 5.03. The molecule has 0 aliphatic heterocycles. The molecule has 1 aliphatic rings. The fraction of sp³-hybridized carbons (Fsp3) is 0.562. The van der Waals surface area contributed by atoms with E-state index in [1.54, 1.807) is 12.1 Å². The van der Waals surface area contributed by atoms with Gasteiger partial charge in [-0.3, -0.25) is 14.4 Å². The van der Waals surface area contributed by atoms with Gasteiger partial charge in [-0.2, -0.15) is 0 Å². The molecule has 120 valence electrons. The second kappa shape index (κ2) is 8.08. The fourth-order valence-electron chi connectivity index (χ4n) is 2.50. The van der Waals surface area contributed by atoms with Gasteiger partial charge < -0.3 is 10.1 Å². The van der Waals surface area contributed by atoms with E-state index in [9.17, 15) is 14.4 Å². The van der Waals surface area contributed by atoms with Gasteiger partial charge in [-0.15, -0.1) is 11.3 Å². The molecule has 1 heterocycles. The van der Waals surface area contributed by atoms with Crippen LogP contribution in [0.5, 0.6) is 0 Å². The van der Waals surface area contributed by atoms with Crippen molar-refractivity contribution in [1.29, 1.82) is 0 Å². The number of nitrogens with one attached hydrogen (secondary N) is 1. The summed E-state index contributed by atoms with van der Waals surface area (Å²) in [5.74, 6) is -0.589. The molecule has 1 aromatic rings. The van der Waals surface area contributed by atoms with Gasteiger partial charge in [0.2, 0.25) is 11.7 Å². The lowest BCUT2D eigenvalue weighted by molar-refractivity contribution is -0.148. The number of ketones is 1. The third-order valence-corrected chi connectivity index (χ3v) is 4.86. The molecule has 0 aromatic carbocycles. The van der Waals surface area contributed by atoms with Crippen LogP contribution in [0.25, 0.3) is 0 Å². The quantitative estimate of drug-likeness (QED) is 0.645. The van der Waals surface area contributed by atoms with Gasteiger partial charge in [0.1, 0.15) is 0 Å². The second-order valence-corrected chi connectivity index (χ2v) is 6.71. The van der Waals surface area contributed by atoms with Gasteiger partial charge in [0, 0.05) is 11.8 Å². The van der Waals surface area contributed by atoms with Crippen molar-refractivity contribution in [2.24, 2.45) is 5.92 Å². The first-order chi connectivity index (χ1) is 10.6. The Kier molecular flexibility index (Phi) is 6.12. The van der Waals surface area contributed by atoms with Crippen molar-refractivity contribution in [3.8, 4) is 0 Å². The maximum atomic E-state index is 12.0. The van der Waals surface area contributed by atoms with Gasteiger partial charge in [-0.05, 0) is 25.0 Å². The number of hydrogen-bond donors (Lipinski definition) is 1. The molecular weight excluding hydrogens is 302 g/mol.